The molecule has 0 unspecified atom stereocenters. The minimum absolute atomic E-state index is 0.163. The summed E-state index contributed by atoms with van der Waals surface area (Å²) < 4.78 is 5.01. The smallest absolute Gasteiger partial charge is 0.166 e. The second-order valence-corrected chi connectivity index (χ2v) is 5.17. The Morgan fingerprint density at radius 2 is 2.17 bits per heavy atom. The van der Waals surface area contributed by atoms with Gasteiger partial charge in [0.25, 0.3) is 0 Å². The summed E-state index contributed by atoms with van der Waals surface area (Å²) in [5.41, 5.74) is 0.949. The van der Waals surface area contributed by atoms with Crippen LogP contribution in [0.3, 0.4) is 0 Å². The SMILES string of the molecule is COC[C@H](C)NC(=S)NCc1ccc(Cl)cc1Cl. The maximum atomic E-state index is 6.06. The predicted molar refractivity (Wildman–Crippen MR) is 80.4 cm³/mol. The van der Waals surface area contributed by atoms with E-state index < -0.39 is 0 Å². The number of halogens is 2. The molecule has 0 aliphatic carbocycles. The fraction of sp³-hybridized carbons (Fsp3) is 0.417. The van der Waals surface area contributed by atoms with Gasteiger partial charge in [0, 0.05) is 29.7 Å². The minimum atomic E-state index is 0.163. The molecule has 3 nitrogen and oxygen atoms in total. The van der Waals surface area contributed by atoms with Crippen molar-refractivity contribution < 1.29 is 4.74 Å². The molecule has 1 aromatic rings. The van der Waals surface area contributed by atoms with Gasteiger partial charge in [0.1, 0.15) is 0 Å². The van der Waals surface area contributed by atoms with Crippen LogP contribution in [-0.4, -0.2) is 24.9 Å². The average Bonchev–Trinajstić information content (AvgIpc) is 2.28. The van der Waals surface area contributed by atoms with Crippen LogP contribution in [-0.2, 0) is 11.3 Å². The van der Waals surface area contributed by atoms with E-state index in [1.54, 1.807) is 19.2 Å². The van der Waals surface area contributed by atoms with Crippen molar-refractivity contribution in [2.75, 3.05) is 13.7 Å². The molecular weight excluding hydrogens is 291 g/mol. The third-order valence-electron chi connectivity index (χ3n) is 2.25. The van der Waals surface area contributed by atoms with Crippen molar-refractivity contribution in [1.82, 2.24) is 10.6 Å². The molecule has 18 heavy (non-hydrogen) atoms. The first kappa shape index (κ1) is 15.5. The molecule has 100 valence electrons. The van der Waals surface area contributed by atoms with Gasteiger partial charge in [-0.2, -0.15) is 0 Å². The molecule has 0 bridgehead atoms. The zero-order valence-electron chi connectivity index (χ0n) is 10.3. The number of rotatable bonds is 5. The average molecular weight is 307 g/mol. The van der Waals surface area contributed by atoms with Crippen molar-refractivity contribution in [2.45, 2.75) is 19.5 Å². The maximum Gasteiger partial charge on any atom is 0.166 e. The standard InChI is InChI=1S/C12H16Cl2N2OS/c1-8(7-17-2)16-12(18)15-6-9-3-4-10(13)5-11(9)14/h3-5,8H,6-7H2,1-2H3,(H2,15,16,18)/t8-/m0/s1. The second kappa shape index (κ2) is 7.79. The van der Waals surface area contributed by atoms with Gasteiger partial charge in [-0.1, -0.05) is 29.3 Å². The predicted octanol–water partition coefficient (Wildman–Crippen LogP) is 2.99. The molecule has 1 atom stereocenters. The molecule has 0 amide bonds. The molecule has 0 aliphatic rings. The van der Waals surface area contributed by atoms with Crippen LogP contribution in [0.2, 0.25) is 10.0 Å². The Morgan fingerprint density at radius 1 is 1.44 bits per heavy atom. The van der Waals surface area contributed by atoms with E-state index in [0.717, 1.165) is 5.56 Å². The van der Waals surface area contributed by atoms with E-state index in [2.05, 4.69) is 10.6 Å². The Kier molecular flexibility index (Phi) is 6.71. The van der Waals surface area contributed by atoms with Crippen LogP contribution in [0.1, 0.15) is 12.5 Å². The number of nitrogens with one attached hydrogen (secondary N) is 2. The lowest BCUT2D eigenvalue weighted by atomic mass is 10.2. The Hall–Kier alpha value is -0.550. The monoisotopic (exact) mass is 306 g/mol. The zero-order chi connectivity index (χ0) is 13.5. The molecule has 0 heterocycles. The Morgan fingerprint density at radius 3 is 2.78 bits per heavy atom. The first-order chi connectivity index (χ1) is 8.52. The summed E-state index contributed by atoms with van der Waals surface area (Å²) in [4.78, 5) is 0. The van der Waals surface area contributed by atoms with Crippen LogP contribution >= 0.6 is 35.4 Å². The Labute approximate surface area is 123 Å². The number of hydrogen-bond donors (Lipinski definition) is 2. The number of thiocarbonyl (C=S) groups is 1. The summed E-state index contributed by atoms with van der Waals surface area (Å²) in [6.07, 6.45) is 0. The second-order valence-electron chi connectivity index (χ2n) is 3.92. The summed E-state index contributed by atoms with van der Waals surface area (Å²) in [5, 5.41) is 8.02. The summed E-state index contributed by atoms with van der Waals surface area (Å²) in [6, 6.07) is 5.55. The van der Waals surface area contributed by atoms with E-state index in [-0.39, 0.29) is 6.04 Å². The molecule has 6 heteroatoms. The lowest BCUT2D eigenvalue weighted by molar-refractivity contribution is 0.179. The number of benzene rings is 1. The Bertz CT molecular complexity index is 415. The summed E-state index contributed by atoms with van der Waals surface area (Å²) >= 11 is 17.1. The highest BCUT2D eigenvalue weighted by Crippen LogP contribution is 2.20. The first-order valence-corrected chi connectivity index (χ1v) is 6.66. The van der Waals surface area contributed by atoms with Crippen molar-refractivity contribution in [3.8, 4) is 0 Å². The normalized spacial score (nSPS) is 12.0. The number of ether oxygens (including phenoxy) is 1. The molecule has 0 aromatic heterocycles. The zero-order valence-corrected chi connectivity index (χ0v) is 12.6. The minimum Gasteiger partial charge on any atom is -0.383 e. The van der Waals surface area contributed by atoms with Crippen LogP contribution in [0.25, 0.3) is 0 Å². The molecule has 2 N–H and O–H groups in total. The third-order valence-corrected chi connectivity index (χ3v) is 3.10. The Balaban J connectivity index is 2.42. The van der Waals surface area contributed by atoms with Gasteiger partial charge in [0.2, 0.25) is 0 Å². The lowest BCUT2D eigenvalue weighted by Gasteiger charge is -2.16. The third kappa shape index (κ3) is 5.40. The number of hydrogen-bond acceptors (Lipinski definition) is 2. The van der Waals surface area contributed by atoms with E-state index in [1.807, 2.05) is 13.0 Å². The van der Waals surface area contributed by atoms with E-state index in [0.29, 0.717) is 28.3 Å². The molecule has 0 fully saturated rings. The van der Waals surface area contributed by atoms with Crippen LogP contribution in [0.5, 0.6) is 0 Å². The molecule has 1 aromatic carbocycles. The van der Waals surface area contributed by atoms with Crippen LogP contribution < -0.4 is 10.6 Å². The molecule has 0 radical (unpaired) electrons. The quantitative estimate of drug-likeness (QED) is 0.819. The molecule has 0 aliphatic heterocycles. The van der Waals surface area contributed by atoms with Gasteiger partial charge in [-0.05, 0) is 36.8 Å². The highest BCUT2D eigenvalue weighted by Gasteiger charge is 2.05. The summed E-state index contributed by atoms with van der Waals surface area (Å²) in [7, 11) is 1.65. The van der Waals surface area contributed by atoms with Crippen LogP contribution in [0.4, 0.5) is 0 Å². The van der Waals surface area contributed by atoms with Gasteiger partial charge in [-0.3, -0.25) is 0 Å². The van der Waals surface area contributed by atoms with Crippen LogP contribution in [0, 0.1) is 0 Å². The van der Waals surface area contributed by atoms with Gasteiger partial charge >= 0.3 is 0 Å². The van der Waals surface area contributed by atoms with Crippen molar-refractivity contribution in [3.05, 3.63) is 33.8 Å². The van der Waals surface area contributed by atoms with Gasteiger partial charge in [0.15, 0.2) is 5.11 Å². The summed E-state index contributed by atoms with van der Waals surface area (Å²) in [5.74, 6) is 0. The molecular formula is C12H16Cl2N2OS. The van der Waals surface area contributed by atoms with E-state index in [4.69, 9.17) is 40.2 Å². The molecule has 0 spiro atoms. The van der Waals surface area contributed by atoms with E-state index in [9.17, 15) is 0 Å². The molecule has 0 saturated heterocycles. The lowest BCUT2D eigenvalue weighted by Crippen LogP contribution is -2.42. The highest BCUT2D eigenvalue weighted by molar-refractivity contribution is 7.80. The van der Waals surface area contributed by atoms with E-state index in [1.165, 1.54) is 0 Å². The van der Waals surface area contributed by atoms with Gasteiger partial charge < -0.3 is 15.4 Å². The van der Waals surface area contributed by atoms with Crippen molar-refractivity contribution in [3.63, 3.8) is 0 Å². The summed E-state index contributed by atoms with van der Waals surface area (Å²) in [6.45, 7) is 3.15. The fourth-order valence-electron chi connectivity index (χ4n) is 1.41. The van der Waals surface area contributed by atoms with Crippen molar-refractivity contribution in [2.24, 2.45) is 0 Å². The van der Waals surface area contributed by atoms with E-state index >= 15 is 0 Å². The van der Waals surface area contributed by atoms with Gasteiger partial charge in [-0.15, -0.1) is 0 Å². The topological polar surface area (TPSA) is 33.3 Å². The van der Waals surface area contributed by atoms with Crippen molar-refractivity contribution in [1.29, 1.82) is 0 Å². The molecule has 1 rings (SSSR count). The highest BCUT2D eigenvalue weighted by atomic mass is 35.5. The van der Waals surface area contributed by atoms with Gasteiger partial charge in [0.05, 0.1) is 6.61 Å². The molecule has 0 saturated carbocycles. The number of methoxy groups -OCH3 is 1. The first-order valence-electron chi connectivity index (χ1n) is 5.50. The van der Waals surface area contributed by atoms with Crippen molar-refractivity contribution >= 4 is 40.5 Å². The fourth-order valence-corrected chi connectivity index (χ4v) is 2.16. The largest absolute Gasteiger partial charge is 0.383 e. The van der Waals surface area contributed by atoms with Gasteiger partial charge in [-0.25, -0.2) is 0 Å². The van der Waals surface area contributed by atoms with Crippen LogP contribution in [0.15, 0.2) is 18.2 Å². The maximum absolute atomic E-state index is 6.06.